The molecule has 2 aromatic carbocycles. The van der Waals surface area contributed by atoms with Gasteiger partial charge in [0.15, 0.2) is 6.61 Å². The van der Waals surface area contributed by atoms with Gasteiger partial charge in [-0.3, -0.25) is 9.59 Å². The van der Waals surface area contributed by atoms with Crippen LogP contribution in [0, 0.1) is 20.8 Å². The molecule has 0 aliphatic carbocycles. The Morgan fingerprint density at radius 3 is 2.47 bits per heavy atom. The Morgan fingerprint density at radius 2 is 1.81 bits per heavy atom. The van der Waals surface area contributed by atoms with Crippen LogP contribution in [0.4, 0.5) is 5.69 Å². The van der Waals surface area contributed by atoms with Crippen LogP contribution in [-0.2, 0) is 24.3 Å². The molecule has 0 spiro atoms. The number of nitrogens with zero attached hydrogens (tertiary/aromatic N) is 1. The van der Waals surface area contributed by atoms with Crippen molar-refractivity contribution in [1.29, 1.82) is 0 Å². The van der Waals surface area contributed by atoms with Crippen molar-refractivity contribution in [3.05, 3.63) is 53.1 Å². The van der Waals surface area contributed by atoms with E-state index in [4.69, 9.17) is 9.47 Å². The quantitative estimate of drug-likeness (QED) is 0.638. The second-order valence-electron chi connectivity index (χ2n) is 7.89. The molecule has 0 aromatic heterocycles. The van der Waals surface area contributed by atoms with Gasteiger partial charge in [0.1, 0.15) is 11.8 Å². The number of rotatable bonds is 7. The number of benzene rings is 2. The molecule has 1 fully saturated rings. The first-order valence-electron chi connectivity index (χ1n) is 10.3. The van der Waals surface area contributed by atoms with Crippen LogP contribution in [-0.4, -0.2) is 50.9 Å². The first-order chi connectivity index (χ1) is 15.1. The van der Waals surface area contributed by atoms with Gasteiger partial charge in [0.25, 0.3) is 5.91 Å². The van der Waals surface area contributed by atoms with E-state index in [1.165, 1.54) is 11.4 Å². The number of hydrogen-bond donors (Lipinski definition) is 1. The molecular weight excluding hydrogens is 432 g/mol. The van der Waals surface area contributed by atoms with Crippen LogP contribution < -0.4 is 10.1 Å². The molecule has 3 rings (SSSR count). The average Bonchev–Trinajstić information content (AvgIpc) is 3.22. The minimum absolute atomic E-state index is 0.221. The molecule has 8 nitrogen and oxygen atoms in total. The minimum atomic E-state index is -3.89. The highest BCUT2D eigenvalue weighted by Gasteiger charge is 2.41. The summed E-state index contributed by atoms with van der Waals surface area (Å²) in [6, 6.07) is 9.44. The Bertz CT molecular complexity index is 1110. The molecule has 1 atom stereocenters. The summed E-state index contributed by atoms with van der Waals surface area (Å²) in [6.45, 7) is 5.12. The summed E-state index contributed by atoms with van der Waals surface area (Å²) < 4.78 is 38.2. The normalized spacial score (nSPS) is 16.6. The fraction of sp³-hybridized carbons (Fsp3) is 0.391. The minimum Gasteiger partial charge on any atom is -0.497 e. The summed E-state index contributed by atoms with van der Waals surface area (Å²) in [5.74, 6) is -0.674. The SMILES string of the molecule is COc1cccc(NC(=O)COC(=O)C2CCCN2S(=O)(=O)c2c(C)cc(C)cc2C)c1. The number of esters is 1. The van der Waals surface area contributed by atoms with Crippen molar-refractivity contribution < 1.29 is 27.5 Å². The summed E-state index contributed by atoms with van der Waals surface area (Å²) in [6.07, 6.45) is 0.887. The van der Waals surface area contributed by atoms with Gasteiger partial charge < -0.3 is 14.8 Å². The van der Waals surface area contributed by atoms with E-state index in [0.29, 0.717) is 35.4 Å². The Morgan fingerprint density at radius 1 is 1.12 bits per heavy atom. The van der Waals surface area contributed by atoms with Crippen molar-refractivity contribution in [3.63, 3.8) is 0 Å². The lowest BCUT2D eigenvalue weighted by Crippen LogP contribution is -2.42. The molecule has 2 aromatic rings. The number of carbonyl (C=O) groups is 2. The number of amides is 1. The van der Waals surface area contributed by atoms with Crippen molar-refractivity contribution in [2.45, 2.75) is 44.6 Å². The van der Waals surface area contributed by atoms with Crippen molar-refractivity contribution in [2.24, 2.45) is 0 Å². The van der Waals surface area contributed by atoms with Gasteiger partial charge in [-0.25, -0.2) is 8.42 Å². The highest BCUT2D eigenvalue weighted by atomic mass is 32.2. The van der Waals surface area contributed by atoms with Gasteiger partial charge >= 0.3 is 5.97 Å². The summed E-state index contributed by atoms with van der Waals surface area (Å²) in [7, 11) is -2.37. The van der Waals surface area contributed by atoms with Crippen LogP contribution in [0.15, 0.2) is 41.3 Å². The van der Waals surface area contributed by atoms with E-state index in [9.17, 15) is 18.0 Å². The molecule has 0 bridgehead atoms. The summed E-state index contributed by atoms with van der Waals surface area (Å²) in [5, 5.41) is 2.62. The lowest BCUT2D eigenvalue weighted by Gasteiger charge is -2.24. The van der Waals surface area contributed by atoms with Crippen LogP contribution in [0.3, 0.4) is 0 Å². The zero-order valence-electron chi connectivity index (χ0n) is 18.7. The molecule has 1 aliphatic rings. The topological polar surface area (TPSA) is 102 Å². The largest absolute Gasteiger partial charge is 0.497 e. The summed E-state index contributed by atoms with van der Waals surface area (Å²) >= 11 is 0. The molecule has 1 aliphatic heterocycles. The predicted molar refractivity (Wildman–Crippen MR) is 120 cm³/mol. The number of carbonyl (C=O) groups excluding carboxylic acids is 2. The smallest absolute Gasteiger partial charge is 0.324 e. The fourth-order valence-electron chi connectivity index (χ4n) is 4.09. The van der Waals surface area contributed by atoms with Gasteiger partial charge in [0, 0.05) is 18.3 Å². The summed E-state index contributed by atoms with van der Waals surface area (Å²) in [5.41, 5.74) is 2.75. The van der Waals surface area contributed by atoms with Crippen molar-refractivity contribution in [3.8, 4) is 5.75 Å². The predicted octanol–water partition coefficient (Wildman–Crippen LogP) is 2.96. The van der Waals surface area contributed by atoms with Crippen molar-refractivity contribution in [2.75, 3.05) is 25.6 Å². The van der Waals surface area contributed by atoms with Gasteiger partial charge in [0.2, 0.25) is 10.0 Å². The fourth-order valence-corrected chi connectivity index (χ4v) is 6.15. The van der Waals surface area contributed by atoms with E-state index in [0.717, 1.165) is 5.56 Å². The number of nitrogens with one attached hydrogen (secondary N) is 1. The second kappa shape index (κ2) is 9.70. The third kappa shape index (κ3) is 5.11. The average molecular weight is 461 g/mol. The van der Waals surface area contributed by atoms with Crippen LogP contribution in [0.5, 0.6) is 5.75 Å². The molecule has 0 saturated carbocycles. The zero-order valence-corrected chi connectivity index (χ0v) is 19.5. The molecule has 1 amide bonds. The second-order valence-corrected chi connectivity index (χ2v) is 9.72. The van der Waals surface area contributed by atoms with Gasteiger partial charge in [0.05, 0.1) is 12.0 Å². The van der Waals surface area contributed by atoms with E-state index in [1.54, 1.807) is 38.1 Å². The lowest BCUT2D eigenvalue weighted by atomic mass is 10.1. The van der Waals surface area contributed by atoms with Crippen LogP contribution in [0.1, 0.15) is 29.5 Å². The molecule has 1 N–H and O–H groups in total. The Balaban J connectivity index is 1.68. The van der Waals surface area contributed by atoms with Gasteiger partial charge in [-0.05, 0) is 56.9 Å². The molecule has 0 radical (unpaired) electrons. The molecule has 9 heteroatoms. The third-order valence-electron chi connectivity index (χ3n) is 5.35. The maximum atomic E-state index is 13.4. The highest BCUT2D eigenvalue weighted by molar-refractivity contribution is 7.89. The number of anilines is 1. The zero-order chi connectivity index (χ0) is 23.5. The molecule has 172 valence electrons. The molecule has 1 saturated heterocycles. The molecule has 32 heavy (non-hydrogen) atoms. The first kappa shape index (κ1) is 23.7. The van der Waals surface area contributed by atoms with Crippen molar-refractivity contribution in [1.82, 2.24) is 4.31 Å². The van der Waals surface area contributed by atoms with Crippen molar-refractivity contribution >= 4 is 27.6 Å². The number of ether oxygens (including phenoxy) is 2. The Labute approximate surface area is 188 Å². The molecular formula is C23H28N2O6S. The third-order valence-corrected chi connectivity index (χ3v) is 7.56. The number of hydrogen-bond acceptors (Lipinski definition) is 6. The molecule has 1 unspecified atom stereocenters. The maximum Gasteiger partial charge on any atom is 0.324 e. The van der Waals surface area contributed by atoms with Crippen LogP contribution in [0.25, 0.3) is 0 Å². The van der Waals surface area contributed by atoms with E-state index >= 15 is 0 Å². The standard InChI is InChI=1S/C23H28N2O6S/c1-15-11-16(2)22(17(3)12-15)32(28,29)25-10-6-9-20(25)23(27)31-14-21(26)24-18-7-5-8-19(13-18)30-4/h5,7-8,11-13,20H,6,9-10,14H2,1-4H3,(H,24,26). The summed E-state index contributed by atoms with van der Waals surface area (Å²) in [4.78, 5) is 25.1. The first-order valence-corrected chi connectivity index (χ1v) is 11.8. The van der Waals surface area contributed by atoms with E-state index in [1.807, 2.05) is 19.1 Å². The monoisotopic (exact) mass is 460 g/mol. The highest BCUT2D eigenvalue weighted by Crippen LogP contribution is 2.31. The van der Waals surface area contributed by atoms with Crippen LogP contribution >= 0.6 is 0 Å². The van der Waals surface area contributed by atoms with Gasteiger partial charge in [-0.15, -0.1) is 0 Å². The number of aryl methyl sites for hydroxylation is 3. The van der Waals surface area contributed by atoms with E-state index in [-0.39, 0.29) is 11.4 Å². The van der Waals surface area contributed by atoms with Gasteiger partial charge in [-0.2, -0.15) is 4.31 Å². The maximum absolute atomic E-state index is 13.4. The number of methoxy groups -OCH3 is 1. The van der Waals surface area contributed by atoms with E-state index in [2.05, 4.69) is 5.32 Å². The van der Waals surface area contributed by atoms with Crippen LogP contribution in [0.2, 0.25) is 0 Å². The lowest BCUT2D eigenvalue weighted by molar-refractivity contribution is -0.150. The van der Waals surface area contributed by atoms with E-state index < -0.39 is 34.5 Å². The Hall–Kier alpha value is -2.91. The van der Waals surface area contributed by atoms with Gasteiger partial charge in [-0.1, -0.05) is 23.8 Å². The number of sulfonamides is 1. The Kier molecular flexibility index (Phi) is 7.20. The molecule has 1 heterocycles.